The van der Waals surface area contributed by atoms with Gasteiger partial charge in [0.25, 0.3) is 0 Å². The summed E-state index contributed by atoms with van der Waals surface area (Å²) in [6, 6.07) is 16.1. The molecule has 0 saturated heterocycles. The predicted molar refractivity (Wildman–Crippen MR) is 89.9 cm³/mol. The maximum atomic E-state index is 10.6. The number of rotatable bonds is 6. The third-order valence-electron chi connectivity index (χ3n) is 3.81. The number of halogens is 1. The average molecular weight is 349 g/mol. The first kappa shape index (κ1) is 16.1. The highest BCUT2D eigenvalue weighted by atomic mass is 79.9. The molecule has 2 aromatic carbocycles. The summed E-state index contributed by atoms with van der Waals surface area (Å²) >= 11 is 3.55. The summed E-state index contributed by atoms with van der Waals surface area (Å²) in [7, 11) is 1.66. The highest BCUT2D eigenvalue weighted by Gasteiger charge is 2.20. The van der Waals surface area contributed by atoms with Crippen molar-refractivity contribution >= 4 is 15.9 Å². The third-order valence-corrected chi connectivity index (χ3v) is 4.59. The zero-order chi connectivity index (χ0) is 15.2. The van der Waals surface area contributed by atoms with Gasteiger partial charge < -0.3 is 9.84 Å². The van der Waals surface area contributed by atoms with Crippen LogP contribution >= 0.6 is 15.9 Å². The quantitative estimate of drug-likeness (QED) is 0.829. The van der Waals surface area contributed by atoms with Crippen LogP contribution in [0.15, 0.2) is 53.0 Å². The number of aliphatic hydroxyl groups excluding tert-OH is 1. The van der Waals surface area contributed by atoms with Crippen molar-refractivity contribution in [2.24, 2.45) is 0 Å². The van der Waals surface area contributed by atoms with Gasteiger partial charge in [0.05, 0.1) is 13.2 Å². The average Bonchev–Trinajstić information content (AvgIpc) is 2.51. The predicted octanol–water partition coefficient (Wildman–Crippen LogP) is 4.55. The van der Waals surface area contributed by atoms with Crippen LogP contribution in [0.1, 0.15) is 30.4 Å². The summed E-state index contributed by atoms with van der Waals surface area (Å²) < 4.78 is 6.27. The van der Waals surface area contributed by atoms with E-state index in [0.29, 0.717) is 6.42 Å². The van der Waals surface area contributed by atoms with E-state index in [1.807, 2.05) is 36.4 Å². The molecule has 0 bridgehead atoms. The fraction of sp³-hybridized carbons (Fsp3) is 0.333. The molecular weight excluding hydrogens is 328 g/mol. The molecule has 2 unspecified atom stereocenters. The van der Waals surface area contributed by atoms with Gasteiger partial charge in [0.15, 0.2) is 0 Å². The Hall–Kier alpha value is -1.32. The van der Waals surface area contributed by atoms with Crippen molar-refractivity contribution in [2.45, 2.75) is 31.8 Å². The van der Waals surface area contributed by atoms with E-state index in [-0.39, 0.29) is 5.92 Å². The van der Waals surface area contributed by atoms with Gasteiger partial charge in [0, 0.05) is 16.8 Å². The van der Waals surface area contributed by atoms with Crippen LogP contribution in [0.25, 0.3) is 0 Å². The summed E-state index contributed by atoms with van der Waals surface area (Å²) in [6.45, 7) is 2.11. The van der Waals surface area contributed by atoms with E-state index in [1.165, 1.54) is 5.56 Å². The largest absolute Gasteiger partial charge is 0.497 e. The molecule has 0 amide bonds. The maximum Gasteiger partial charge on any atom is 0.119 e. The van der Waals surface area contributed by atoms with Crippen LogP contribution in [0.2, 0.25) is 0 Å². The Morgan fingerprint density at radius 1 is 1.14 bits per heavy atom. The highest BCUT2D eigenvalue weighted by molar-refractivity contribution is 9.10. The first-order valence-electron chi connectivity index (χ1n) is 7.21. The van der Waals surface area contributed by atoms with Gasteiger partial charge in [-0.15, -0.1) is 0 Å². The Bertz CT molecular complexity index is 569. The van der Waals surface area contributed by atoms with Crippen LogP contribution in [0.4, 0.5) is 0 Å². The molecule has 112 valence electrons. The number of methoxy groups -OCH3 is 1. The minimum Gasteiger partial charge on any atom is -0.497 e. The zero-order valence-corrected chi connectivity index (χ0v) is 14.0. The molecule has 0 saturated carbocycles. The maximum absolute atomic E-state index is 10.6. The number of benzene rings is 2. The molecule has 21 heavy (non-hydrogen) atoms. The van der Waals surface area contributed by atoms with E-state index in [1.54, 1.807) is 7.11 Å². The van der Waals surface area contributed by atoms with Crippen LogP contribution in [0.3, 0.4) is 0 Å². The Kier molecular flexibility index (Phi) is 5.83. The molecule has 0 aliphatic heterocycles. The monoisotopic (exact) mass is 348 g/mol. The SMILES string of the molecule is CCC(c1ccccc1)C(O)Cc1cc(OC)ccc1Br. The Labute approximate surface area is 134 Å². The zero-order valence-electron chi connectivity index (χ0n) is 12.4. The van der Waals surface area contributed by atoms with Crippen molar-refractivity contribution in [1.29, 1.82) is 0 Å². The van der Waals surface area contributed by atoms with Crippen LogP contribution < -0.4 is 4.74 Å². The van der Waals surface area contributed by atoms with Crippen molar-refractivity contribution in [1.82, 2.24) is 0 Å². The minimum atomic E-state index is -0.416. The molecule has 2 rings (SSSR count). The molecule has 2 nitrogen and oxygen atoms in total. The summed E-state index contributed by atoms with van der Waals surface area (Å²) in [5.41, 5.74) is 2.25. The number of aliphatic hydroxyl groups is 1. The standard InChI is InChI=1S/C18H21BrO2/c1-3-16(13-7-5-4-6-8-13)18(20)12-14-11-15(21-2)9-10-17(14)19/h4-11,16,18,20H,3,12H2,1-2H3. The van der Waals surface area contributed by atoms with Gasteiger partial charge in [-0.1, -0.05) is 53.2 Å². The molecule has 0 spiro atoms. The lowest BCUT2D eigenvalue weighted by atomic mass is 9.88. The summed E-state index contributed by atoms with van der Waals surface area (Å²) in [5, 5.41) is 10.6. The van der Waals surface area contributed by atoms with Crippen molar-refractivity contribution in [3.05, 3.63) is 64.1 Å². The summed E-state index contributed by atoms with van der Waals surface area (Å²) in [6.07, 6.45) is 1.10. The molecular formula is C18H21BrO2. The normalized spacial score (nSPS) is 13.7. The fourth-order valence-electron chi connectivity index (χ4n) is 2.63. The first-order valence-corrected chi connectivity index (χ1v) is 8.00. The highest BCUT2D eigenvalue weighted by Crippen LogP contribution is 2.29. The van der Waals surface area contributed by atoms with Crippen LogP contribution in [0, 0.1) is 0 Å². The van der Waals surface area contributed by atoms with E-state index in [0.717, 1.165) is 22.2 Å². The number of hydrogen-bond donors (Lipinski definition) is 1. The molecule has 2 atom stereocenters. The van der Waals surface area contributed by atoms with E-state index in [9.17, 15) is 5.11 Å². The molecule has 0 heterocycles. The molecule has 0 aliphatic rings. The van der Waals surface area contributed by atoms with Gasteiger partial charge in [-0.3, -0.25) is 0 Å². The Morgan fingerprint density at radius 3 is 2.48 bits per heavy atom. The van der Waals surface area contributed by atoms with E-state index < -0.39 is 6.10 Å². The second kappa shape index (κ2) is 7.62. The van der Waals surface area contributed by atoms with Crippen molar-refractivity contribution in [2.75, 3.05) is 7.11 Å². The minimum absolute atomic E-state index is 0.143. The fourth-order valence-corrected chi connectivity index (χ4v) is 3.04. The van der Waals surface area contributed by atoms with E-state index in [4.69, 9.17) is 4.74 Å². The van der Waals surface area contributed by atoms with Gasteiger partial charge in [0.1, 0.15) is 5.75 Å². The second-order valence-electron chi connectivity index (χ2n) is 5.15. The molecule has 1 N–H and O–H groups in total. The van der Waals surface area contributed by atoms with Crippen molar-refractivity contribution < 1.29 is 9.84 Å². The lowest BCUT2D eigenvalue weighted by molar-refractivity contribution is 0.140. The molecule has 3 heteroatoms. The molecule has 2 aromatic rings. The number of ether oxygens (including phenoxy) is 1. The topological polar surface area (TPSA) is 29.5 Å². The van der Waals surface area contributed by atoms with Crippen molar-refractivity contribution in [3.8, 4) is 5.75 Å². The van der Waals surface area contributed by atoms with Gasteiger partial charge in [0.2, 0.25) is 0 Å². The molecule has 0 radical (unpaired) electrons. The summed E-state index contributed by atoms with van der Waals surface area (Å²) in [4.78, 5) is 0. The second-order valence-corrected chi connectivity index (χ2v) is 6.01. The number of hydrogen-bond acceptors (Lipinski definition) is 2. The van der Waals surface area contributed by atoms with Gasteiger partial charge in [-0.25, -0.2) is 0 Å². The van der Waals surface area contributed by atoms with E-state index in [2.05, 4.69) is 35.0 Å². The van der Waals surface area contributed by atoms with Gasteiger partial charge in [-0.2, -0.15) is 0 Å². The molecule has 0 aromatic heterocycles. The van der Waals surface area contributed by atoms with Crippen LogP contribution in [-0.2, 0) is 6.42 Å². The summed E-state index contributed by atoms with van der Waals surface area (Å²) in [5.74, 6) is 0.956. The Morgan fingerprint density at radius 2 is 1.86 bits per heavy atom. The van der Waals surface area contributed by atoms with Crippen LogP contribution in [-0.4, -0.2) is 18.3 Å². The molecule has 0 fully saturated rings. The lowest BCUT2D eigenvalue weighted by Gasteiger charge is -2.23. The molecule has 0 aliphatic carbocycles. The van der Waals surface area contributed by atoms with E-state index >= 15 is 0 Å². The third kappa shape index (κ3) is 4.08. The Balaban J connectivity index is 2.18. The van der Waals surface area contributed by atoms with Crippen molar-refractivity contribution in [3.63, 3.8) is 0 Å². The van der Waals surface area contributed by atoms with Gasteiger partial charge >= 0.3 is 0 Å². The smallest absolute Gasteiger partial charge is 0.119 e. The van der Waals surface area contributed by atoms with Gasteiger partial charge in [-0.05, 0) is 35.7 Å². The first-order chi connectivity index (χ1) is 10.2. The van der Waals surface area contributed by atoms with Crippen LogP contribution in [0.5, 0.6) is 5.75 Å². The lowest BCUT2D eigenvalue weighted by Crippen LogP contribution is -2.21.